The number of ether oxygens (including phenoxy) is 1. The topological polar surface area (TPSA) is 98.9 Å². The largest absolute Gasteiger partial charge is 0.503 e. The second-order valence-electron chi connectivity index (χ2n) is 9.09. The molecule has 3 aromatic carbocycles. The Kier molecular flexibility index (Phi) is 12.0. The van der Waals surface area contributed by atoms with Crippen LogP contribution in [0.5, 0.6) is 11.5 Å². The predicted molar refractivity (Wildman–Crippen MR) is 151 cm³/mol. The van der Waals surface area contributed by atoms with Crippen LogP contribution in [0, 0.1) is 5.92 Å². The molecule has 8 heteroatoms. The highest BCUT2D eigenvalue weighted by Crippen LogP contribution is 2.46. The zero-order chi connectivity index (χ0) is 22.1. The van der Waals surface area contributed by atoms with Gasteiger partial charge in [-0.05, 0) is 55.1 Å². The number of halogens is 2. The van der Waals surface area contributed by atoms with Crippen LogP contribution in [-0.4, -0.2) is 60.3 Å². The van der Waals surface area contributed by atoms with Crippen molar-refractivity contribution in [1.29, 1.82) is 0 Å². The van der Waals surface area contributed by atoms with Gasteiger partial charge >= 0.3 is 0 Å². The van der Waals surface area contributed by atoms with E-state index in [1.165, 1.54) is 24.0 Å². The molecule has 3 heterocycles. The first-order chi connectivity index (χ1) is 15.7. The van der Waals surface area contributed by atoms with E-state index in [-0.39, 0.29) is 47.4 Å². The number of methoxy groups -OCH3 is 1. The Bertz CT molecular complexity index is 1010. The zero-order valence-corrected chi connectivity index (χ0v) is 22.3. The van der Waals surface area contributed by atoms with E-state index in [1.54, 1.807) is 7.11 Å². The van der Waals surface area contributed by atoms with E-state index in [9.17, 15) is 5.11 Å². The molecule has 6 nitrogen and oxygen atoms in total. The summed E-state index contributed by atoms with van der Waals surface area (Å²) in [6, 6.07) is 28.2. The smallest absolute Gasteiger partial charge is 0.181 e. The molecule has 0 unspecified atom stereocenters. The molecule has 6 rings (SSSR count). The van der Waals surface area contributed by atoms with Crippen LogP contribution in [0.1, 0.15) is 29.9 Å². The number of phenolic OH excluding ortho intramolecular Hbond substituents is 1. The maximum Gasteiger partial charge on any atom is 0.181 e. The molecule has 3 saturated heterocycles. The fourth-order valence-corrected chi connectivity index (χ4v) is 6.04. The number of fused-ring (bicyclic) bond motifs is 3. The van der Waals surface area contributed by atoms with Crippen molar-refractivity contribution in [2.75, 3.05) is 32.1 Å². The first-order valence-corrected chi connectivity index (χ1v) is 11.6. The summed E-state index contributed by atoms with van der Waals surface area (Å²) in [4.78, 5) is 5.00. The highest BCUT2D eigenvalue weighted by atomic mass is 35.5. The Balaban J connectivity index is 0.00000162. The third-order valence-electron chi connectivity index (χ3n) is 7.51. The first kappa shape index (κ1) is 31.5. The third kappa shape index (κ3) is 5.74. The lowest BCUT2D eigenvalue weighted by Crippen LogP contribution is -2.65. The molecule has 0 aromatic heterocycles. The van der Waals surface area contributed by atoms with Crippen molar-refractivity contribution >= 4 is 30.5 Å². The maximum atomic E-state index is 10.9. The van der Waals surface area contributed by atoms with E-state index in [0.717, 1.165) is 18.8 Å². The summed E-state index contributed by atoms with van der Waals surface area (Å²) in [5, 5.41) is 10.9. The zero-order valence-electron chi connectivity index (χ0n) is 20.7. The number of anilines is 1. The Labute approximate surface area is 226 Å². The third-order valence-corrected chi connectivity index (χ3v) is 7.51. The summed E-state index contributed by atoms with van der Waals surface area (Å²) in [5.74, 6) is 1.61. The van der Waals surface area contributed by atoms with E-state index in [2.05, 4.69) is 77.5 Å². The standard InChI is InChI=1S/C28H32N2O2.2ClH.2H2O/c1-29(23-14-9-15-24(32-2)28(23)31)26-22-16-18-30(19-17-22)27(26)25(20-10-5-3-6-11-20)21-12-7-4-8-13-21;;;;/h3-15,22,25-27,31H,16-19H2,1-2H3;2*1H;2*1H2/t26-,27-;;;;/m1..../s1. The van der Waals surface area contributed by atoms with Gasteiger partial charge in [0.2, 0.25) is 0 Å². The molecule has 0 radical (unpaired) electrons. The van der Waals surface area contributed by atoms with Gasteiger partial charge in [0.25, 0.3) is 0 Å². The van der Waals surface area contributed by atoms with Crippen molar-refractivity contribution in [3.8, 4) is 11.5 Å². The highest BCUT2D eigenvalue weighted by molar-refractivity contribution is 5.85. The van der Waals surface area contributed by atoms with Gasteiger partial charge in [0.15, 0.2) is 11.5 Å². The van der Waals surface area contributed by atoms with Gasteiger partial charge in [-0.3, -0.25) is 4.90 Å². The lowest BCUT2D eigenvalue weighted by molar-refractivity contribution is 0.0185. The van der Waals surface area contributed by atoms with Gasteiger partial charge in [-0.25, -0.2) is 0 Å². The van der Waals surface area contributed by atoms with Crippen LogP contribution < -0.4 is 9.64 Å². The second kappa shape index (κ2) is 13.7. The number of likely N-dealkylation sites (N-methyl/N-ethyl adjacent to an activating group) is 1. The average Bonchev–Trinajstić information content (AvgIpc) is 2.86. The molecule has 0 saturated carbocycles. The van der Waals surface area contributed by atoms with Crippen LogP contribution in [0.25, 0.3) is 0 Å². The van der Waals surface area contributed by atoms with Gasteiger partial charge in [-0.15, -0.1) is 24.8 Å². The van der Waals surface area contributed by atoms with Crippen LogP contribution in [0.2, 0.25) is 0 Å². The average molecular weight is 538 g/mol. The SMILES string of the molecule is COc1cccc(N(C)[C@@H]2C3CCN(CC3)[C@@H]2C(c2ccccc2)c2ccccc2)c1O.Cl.Cl.O.O. The van der Waals surface area contributed by atoms with Gasteiger partial charge in [0, 0.05) is 25.0 Å². The molecular weight excluding hydrogens is 499 g/mol. The van der Waals surface area contributed by atoms with Crippen molar-refractivity contribution in [2.45, 2.75) is 30.8 Å². The molecule has 0 amide bonds. The molecule has 3 aliphatic heterocycles. The molecule has 2 atom stereocenters. The van der Waals surface area contributed by atoms with Gasteiger partial charge in [-0.2, -0.15) is 0 Å². The molecule has 3 aliphatic rings. The first-order valence-electron chi connectivity index (χ1n) is 11.6. The van der Waals surface area contributed by atoms with Gasteiger partial charge in [0.05, 0.1) is 12.8 Å². The molecule has 0 spiro atoms. The monoisotopic (exact) mass is 536 g/mol. The fraction of sp³-hybridized carbons (Fsp3) is 0.357. The van der Waals surface area contributed by atoms with Crippen molar-refractivity contribution in [2.24, 2.45) is 5.92 Å². The van der Waals surface area contributed by atoms with Crippen LogP contribution in [-0.2, 0) is 0 Å². The molecule has 3 fully saturated rings. The molecule has 0 aliphatic carbocycles. The quantitative estimate of drug-likeness (QED) is 0.506. The van der Waals surface area contributed by atoms with Gasteiger partial charge in [0.1, 0.15) is 0 Å². The number of hydrogen-bond donors (Lipinski definition) is 1. The van der Waals surface area contributed by atoms with Crippen LogP contribution >= 0.6 is 24.8 Å². The van der Waals surface area contributed by atoms with E-state index in [4.69, 9.17) is 4.74 Å². The van der Waals surface area contributed by atoms with Crippen molar-refractivity contribution in [3.05, 3.63) is 90.0 Å². The number of para-hydroxylation sites is 1. The van der Waals surface area contributed by atoms with Crippen LogP contribution in [0.3, 0.4) is 0 Å². The number of rotatable bonds is 6. The Morgan fingerprint density at radius 2 is 1.36 bits per heavy atom. The molecule has 3 aromatic rings. The number of hydrogen-bond acceptors (Lipinski definition) is 4. The van der Waals surface area contributed by atoms with E-state index in [1.807, 2.05) is 18.2 Å². The number of piperidine rings is 3. The molecule has 5 N–H and O–H groups in total. The number of benzene rings is 3. The second-order valence-corrected chi connectivity index (χ2v) is 9.09. The summed E-state index contributed by atoms with van der Waals surface area (Å²) in [5.41, 5.74) is 3.54. The molecule has 2 bridgehead atoms. The molecule has 198 valence electrons. The van der Waals surface area contributed by atoms with E-state index in [0.29, 0.717) is 23.8 Å². The Morgan fingerprint density at radius 1 is 0.833 bits per heavy atom. The maximum absolute atomic E-state index is 10.9. The molecule has 36 heavy (non-hydrogen) atoms. The van der Waals surface area contributed by atoms with Crippen LogP contribution in [0.15, 0.2) is 78.9 Å². The summed E-state index contributed by atoms with van der Waals surface area (Å²) in [7, 11) is 3.75. The van der Waals surface area contributed by atoms with E-state index >= 15 is 0 Å². The van der Waals surface area contributed by atoms with E-state index < -0.39 is 0 Å². The van der Waals surface area contributed by atoms with Crippen molar-refractivity contribution in [1.82, 2.24) is 4.90 Å². The number of phenols is 1. The Morgan fingerprint density at radius 3 is 1.86 bits per heavy atom. The highest BCUT2D eigenvalue weighted by Gasteiger charge is 2.48. The number of nitrogens with zero attached hydrogens (tertiary/aromatic N) is 2. The van der Waals surface area contributed by atoms with Gasteiger partial charge in [-0.1, -0.05) is 66.7 Å². The predicted octanol–water partition coefficient (Wildman–Crippen LogP) is 4.33. The van der Waals surface area contributed by atoms with Crippen molar-refractivity contribution < 1.29 is 20.8 Å². The normalized spacial score (nSPS) is 21.8. The summed E-state index contributed by atoms with van der Waals surface area (Å²) < 4.78 is 5.41. The van der Waals surface area contributed by atoms with Crippen molar-refractivity contribution in [3.63, 3.8) is 0 Å². The summed E-state index contributed by atoms with van der Waals surface area (Å²) in [6.45, 7) is 2.28. The number of aromatic hydroxyl groups is 1. The minimum Gasteiger partial charge on any atom is -0.503 e. The summed E-state index contributed by atoms with van der Waals surface area (Å²) in [6.07, 6.45) is 2.40. The van der Waals surface area contributed by atoms with Gasteiger partial charge < -0.3 is 25.7 Å². The minimum absolute atomic E-state index is 0. The lowest BCUT2D eigenvalue weighted by atomic mass is 9.70. The lowest BCUT2D eigenvalue weighted by Gasteiger charge is -2.56. The molecular formula is C28H38Cl2N2O4. The minimum atomic E-state index is 0. The van der Waals surface area contributed by atoms with Crippen LogP contribution in [0.4, 0.5) is 5.69 Å². The summed E-state index contributed by atoms with van der Waals surface area (Å²) >= 11 is 0. The Hall–Kier alpha value is -2.48. The fourth-order valence-electron chi connectivity index (χ4n) is 6.04.